The lowest BCUT2D eigenvalue weighted by molar-refractivity contribution is -0.0133. The molecule has 3 nitrogen and oxygen atoms in total. The maximum absolute atomic E-state index is 12.2. The Labute approximate surface area is 132 Å². The second-order valence-corrected chi connectivity index (χ2v) is 7.54. The van der Waals surface area contributed by atoms with E-state index < -0.39 is 0 Å². The molecule has 0 radical (unpaired) electrons. The normalized spacial score (nSPS) is 35.7. The Hall–Kier alpha value is -1.77. The van der Waals surface area contributed by atoms with E-state index in [1.807, 2.05) is 36.4 Å². The molecular formula is C19H24N2O. The SMILES string of the molecule is O=C(N/C=C/c1ccccc1)NC12CC3CC(CC(C3)C1)C2. The molecule has 4 aliphatic carbocycles. The molecule has 1 aromatic rings. The Bertz CT molecular complexity index is 543. The Morgan fingerprint density at radius 2 is 1.59 bits per heavy atom. The van der Waals surface area contributed by atoms with E-state index in [1.54, 1.807) is 6.20 Å². The summed E-state index contributed by atoms with van der Waals surface area (Å²) in [6.45, 7) is 0. The van der Waals surface area contributed by atoms with Crippen LogP contribution >= 0.6 is 0 Å². The maximum atomic E-state index is 12.2. The van der Waals surface area contributed by atoms with Gasteiger partial charge in [-0.25, -0.2) is 4.79 Å². The van der Waals surface area contributed by atoms with Crippen molar-refractivity contribution in [3.8, 4) is 0 Å². The lowest BCUT2D eigenvalue weighted by Crippen LogP contribution is -2.61. The van der Waals surface area contributed by atoms with Crippen LogP contribution in [-0.4, -0.2) is 11.6 Å². The van der Waals surface area contributed by atoms with Crippen LogP contribution in [0.4, 0.5) is 4.79 Å². The molecule has 0 saturated heterocycles. The van der Waals surface area contributed by atoms with Crippen molar-refractivity contribution in [3.63, 3.8) is 0 Å². The van der Waals surface area contributed by atoms with Crippen molar-refractivity contribution in [2.45, 2.75) is 44.1 Å². The molecule has 4 aliphatic rings. The second kappa shape index (κ2) is 5.45. The van der Waals surface area contributed by atoms with Crippen LogP contribution in [0, 0.1) is 17.8 Å². The van der Waals surface area contributed by atoms with Crippen molar-refractivity contribution in [2.75, 3.05) is 0 Å². The van der Waals surface area contributed by atoms with Crippen molar-refractivity contribution in [3.05, 3.63) is 42.1 Å². The molecule has 4 saturated carbocycles. The smallest absolute Gasteiger partial charge is 0.319 e. The Morgan fingerprint density at radius 3 is 2.18 bits per heavy atom. The van der Waals surface area contributed by atoms with Crippen LogP contribution in [0.3, 0.4) is 0 Å². The highest BCUT2D eigenvalue weighted by atomic mass is 16.2. The van der Waals surface area contributed by atoms with E-state index in [4.69, 9.17) is 0 Å². The highest BCUT2D eigenvalue weighted by Gasteiger charge is 2.51. The molecule has 3 heteroatoms. The summed E-state index contributed by atoms with van der Waals surface area (Å²) in [6, 6.07) is 9.98. The highest BCUT2D eigenvalue weighted by molar-refractivity contribution is 5.76. The molecular weight excluding hydrogens is 272 g/mol. The van der Waals surface area contributed by atoms with Gasteiger partial charge in [0.05, 0.1) is 0 Å². The van der Waals surface area contributed by atoms with Crippen LogP contribution in [0.5, 0.6) is 0 Å². The minimum atomic E-state index is -0.0471. The molecule has 0 unspecified atom stereocenters. The maximum Gasteiger partial charge on any atom is 0.319 e. The molecule has 4 bridgehead atoms. The topological polar surface area (TPSA) is 41.1 Å². The molecule has 116 valence electrons. The standard InChI is InChI=1S/C19H24N2O/c22-18(20-7-6-14-4-2-1-3-5-14)21-19-11-15-8-16(12-19)10-17(9-15)13-19/h1-7,15-17H,8-13H2,(H2,20,21,22)/b7-6+. The van der Waals surface area contributed by atoms with Crippen molar-refractivity contribution in [1.82, 2.24) is 10.6 Å². The lowest BCUT2D eigenvalue weighted by atomic mass is 9.53. The van der Waals surface area contributed by atoms with Gasteiger partial charge in [-0.1, -0.05) is 30.3 Å². The van der Waals surface area contributed by atoms with E-state index in [1.165, 1.54) is 38.5 Å². The molecule has 4 fully saturated rings. The Morgan fingerprint density at radius 1 is 1.00 bits per heavy atom. The number of carbonyl (C=O) groups is 1. The summed E-state index contributed by atoms with van der Waals surface area (Å²) in [5, 5.41) is 6.19. The van der Waals surface area contributed by atoms with Gasteiger partial charge < -0.3 is 10.6 Å². The summed E-state index contributed by atoms with van der Waals surface area (Å²) in [5.74, 6) is 2.56. The van der Waals surface area contributed by atoms with Gasteiger partial charge in [0.25, 0.3) is 0 Å². The quantitative estimate of drug-likeness (QED) is 0.872. The van der Waals surface area contributed by atoms with Gasteiger partial charge in [-0.2, -0.15) is 0 Å². The molecule has 0 aliphatic heterocycles. The number of urea groups is 1. The molecule has 0 aromatic heterocycles. The van der Waals surface area contributed by atoms with Gasteiger partial charge in [0.2, 0.25) is 0 Å². The number of amides is 2. The minimum absolute atomic E-state index is 0.0471. The molecule has 22 heavy (non-hydrogen) atoms. The van der Waals surface area contributed by atoms with Crippen molar-refractivity contribution < 1.29 is 4.79 Å². The van der Waals surface area contributed by atoms with E-state index in [-0.39, 0.29) is 11.6 Å². The first kappa shape index (κ1) is 13.9. The lowest BCUT2D eigenvalue weighted by Gasteiger charge is -2.56. The van der Waals surface area contributed by atoms with Crippen molar-refractivity contribution in [2.24, 2.45) is 17.8 Å². The van der Waals surface area contributed by atoms with Crippen molar-refractivity contribution >= 4 is 12.1 Å². The van der Waals surface area contributed by atoms with Crippen LogP contribution in [-0.2, 0) is 0 Å². The average Bonchev–Trinajstić information content (AvgIpc) is 2.46. The Kier molecular flexibility index (Phi) is 3.44. The number of nitrogens with one attached hydrogen (secondary N) is 2. The molecule has 0 spiro atoms. The first-order valence-corrected chi connectivity index (χ1v) is 8.51. The van der Waals surface area contributed by atoms with Crippen molar-refractivity contribution in [1.29, 1.82) is 0 Å². The summed E-state index contributed by atoms with van der Waals surface area (Å²) in [4.78, 5) is 12.2. The van der Waals surface area contributed by atoms with Gasteiger partial charge in [0.1, 0.15) is 0 Å². The molecule has 2 N–H and O–H groups in total. The van der Waals surface area contributed by atoms with Crippen LogP contribution < -0.4 is 10.6 Å². The van der Waals surface area contributed by atoms with Gasteiger partial charge in [0, 0.05) is 11.7 Å². The van der Waals surface area contributed by atoms with Crippen LogP contribution in [0.25, 0.3) is 6.08 Å². The summed E-state index contributed by atoms with van der Waals surface area (Å²) in [7, 11) is 0. The fraction of sp³-hybridized carbons (Fsp3) is 0.526. The number of benzene rings is 1. The van der Waals surface area contributed by atoms with Gasteiger partial charge in [-0.05, 0) is 67.9 Å². The fourth-order valence-corrected chi connectivity index (χ4v) is 5.32. The van der Waals surface area contributed by atoms with E-state index in [0.717, 1.165) is 23.3 Å². The average molecular weight is 296 g/mol. The predicted molar refractivity (Wildman–Crippen MR) is 88.0 cm³/mol. The number of rotatable bonds is 3. The summed E-state index contributed by atoms with van der Waals surface area (Å²) >= 11 is 0. The highest BCUT2D eigenvalue weighted by Crippen LogP contribution is 2.55. The third kappa shape index (κ3) is 2.77. The molecule has 0 heterocycles. The molecule has 1 aromatic carbocycles. The van der Waals surface area contributed by atoms with Gasteiger partial charge >= 0.3 is 6.03 Å². The zero-order chi connectivity index (χ0) is 15.0. The van der Waals surface area contributed by atoms with Crippen LogP contribution in [0.1, 0.15) is 44.1 Å². The summed E-state index contributed by atoms with van der Waals surface area (Å²) < 4.78 is 0. The molecule has 2 amide bonds. The Balaban J connectivity index is 1.35. The van der Waals surface area contributed by atoms with E-state index in [9.17, 15) is 4.79 Å². The van der Waals surface area contributed by atoms with Gasteiger partial charge in [-0.15, -0.1) is 0 Å². The fourth-order valence-electron chi connectivity index (χ4n) is 5.32. The summed E-state index contributed by atoms with van der Waals surface area (Å²) in [5.41, 5.74) is 1.18. The second-order valence-electron chi connectivity index (χ2n) is 7.54. The minimum Gasteiger partial charge on any atom is -0.332 e. The first-order valence-electron chi connectivity index (χ1n) is 8.51. The van der Waals surface area contributed by atoms with Gasteiger partial charge in [0.15, 0.2) is 0 Å². The van der Waals surface area contributed by atoms with Crippen LogP contribution in [0.2, 0.25) is 0 Å². The molecule has 0 atom stereocenters. The van der Waals surface area contributed by atoms with E-state index >= 15 is 0 Å². The van der Waals surface area contributed by atoms with Gasteiger partial charge in [-0.3, -0.25) is 0 Å². The van der Waals surface area contributed by atoms with Crippen LogP contribution in [0.15, 0.2) is 36.5 Å². The predicted octanol–water partition coefficient (Wildman–Crippen LogP) is 3.93. The van der Waals surface area contributed by atoms with E-state index in [2.05, 4.69) is 10.6 Å². The van der Waals surface area contributed by atoms with E-state index in [0.29, 0.717) is 0 Å². The third-order valence-electron chi connectivity index (χ3n) is 5.71. The number of carbonyl (C=O) groups excluding carboxylic acids is 1. The number of hydrogen-bond donors (Lipinski definition) is 2. The largest absolute Gasteiger partial charge is 0.332 e. The summed E-state index contributed by atoms with van der Waals surface area (Å²) in [6.07, 6.45) is 11.4. The monoisotopic (exact) mass is 296 g/mol. The zero-order valence-electron chi connectivity index (χ0n) is 12.9. The zero-order valence-corrected chi connectivity index (χ0v) is 12.9. The molecule has 5 rings (SSSR count). The first-order chi connectivity index (χ1) is 10.7. The third-order valence-corrected chi connectivity index (χ3v) is 5.71. The number of hydrogen-bond acceptors (Lipinski definition) is 1.